The van der Waals surface area contributed by atoms with Crippen LogP contribution in [0, 0.1) is 11.5 Å². The zero-order valence-electron chi connectivity index (χ0n) is 8.83. The summed E-state index contributed by atoms with van der Waals surface area (Å²) in [7, 11) is 0. The number of carbonyl (C=O) groups excluding carboxylic acids is 1. The molecule has 3 N–H and O–H groups in total. The van der Waals surface area contributed by atoms with Crippen LogP contribution in [-0.2, 0) is 4.79 Å². The van der Waals surface area contributed by atoms with Crippen LogP contribution in [0.3, 0.4) is 0 Å². The lowest BCUT2D eigenvalue weighted by atomic mass is 10.1. The maximum absolute atomic E-state index is 9.89. The summed E-state index contributed by atoms with van der Waals surface area (Å²) >= 11 is 0. The highest BCUT2D eigenvalue weighted by Gasteiger charge is 1.92. The molecular formula is C10H17N4O. The number of nitrogens with zero attached hydrogens (tertiary/aromatic N) is 2. The molecule has 5 heteroatoms. The molecule has 0 bridgehead atoms. The van der Waals surface area contributed by atoms with Gasteiger partial charge in [-0.3, -0.25) is 4.79 Å². The van der Waals surface area contributed by atoms with Crippen LogP contribution in [0.25, 0.3) is 0 Å². The zero-order chi connectivity index (χ0) is 11.4. The van der Waals surface area contributed by atoms with Crippen molar-refractivity contribution in [2.24, 2.45) is 10.7 Å². The molecule has 5 nitrogen and oxygen atoms in total. The maximum atomic E-state index is 9.89. The van der Waals surface area contributed by atoms with Gasteiger partial charge in [-0.05, 0) is 12.8 Å². The van der Waals surface area contributed by atoms with Crippen molar-refractivity contribution in [1.29, 1.82) is 5.26 Å². The Bertz CT molecular complexity index is 232. The van der Waals surface area contributed by atoms with E-state index in [4.69, 9.17) is 11.0 Å². The predicted molar refractivity (Wildman–Crippen MR) is 58.6 cm³/mol. The van der Waals surface area contributed by atoms with Crippen LogP contribution in [0.1, 0.15) is 38.5 Å². The minimum atomic E-state index is 0.174. The summed E-state index contributed by atoms with van der Waals surface area (Å²) in [6, 6.07) is 0. The highest BCUT2D eigenvalue weighted by atomic mass is 16.1. The number of aliphatic imine (C=N–C) groups is 1. The van der Waals surface area contributed by atoms with Crippen molar-refractivity contribution in [3.63, 3.8) is 0 Å². The highest BCUT2D eigenvalue weighted by Crippen LogP contribution is 2.03. The van der Waals surface area contributed by atoms with Crippen molar-refractivity contribution >= 4 is 12.2 Å². The fourth-order valence-electron chi connectivity index (χ4n) is 1.16. The van der Waals surface area contributed by atoms with E-state index in [2.05, 4.69) is 10.3 Å². The monoisotopic (exact) mass is 209 g/mol. The quantitative estimate of drug-likeness (QED) is 0.268. The number of rotatable bonds is 8. The van der Waals surface area contributed by atoms with Crippen LogP contribution in [0.5, 0.6) is 0 Å². The second kappa shape index (κ2) is 10.5. The molecule has 15 heavy (non-hydrogen) atoms. The molecule has 0 atom stereocenters. The Morgan fingerprint density at radius 3 is 2.60 bits per heavy atom. The van der Waals surface area contributed by atoms with Crippen molar-refractivity contribution in [3.05, 3.63) is 0 Å². The van der Waals surface area contributed by atoms with Crippen LogP contribution < -0.4 is 11.1 Å². The third-order valence-corrected chi connectivity index (χ3v) is 1.93. The van der Waals surface area contributed by atoms with Crippen LogP contribution in [0.2, 0.25) is 0 Å². The average Bonchev–Trinajstić information content (AvgIpc) is 2.22. The molecule has 0 aromatic carbocycles. The Balaban J connectivity index is 3.15. The van der Waals surface area contributed by atoms with E-state index in [1.54, 1.807) is 6.19 Å². The molecule has 0 saturated carbocycles. The lowest BCUT2D eigenvalue weighted by Crippen LogP contribution is -2.31. The Labute approximate surface area is 90.4 Å². The number of nitrogens with one attached hydrogen (secondary N) is 1. The molecule has 0 aliphatic carbocycles. The van der Waals surface area contributed by atoms with Gasteiger partial charge in [0.05, 0.1) is 0 Å². The first-order valence-corrected chi connectivity index (χ1v) is 5.12. The molecular weight excluding hydrogens is 192 g/mol. The van der Waals surface area contributed by atoms with Gasteiger partial charge >= 0.3 is 0 Å². The summed E-state index contributed by atoms with van der Waals surface area (Å²) in [5.41, 5.74) is 5.34. The van der Waals surface area contributed by atoms with Gasteiger partial charge in [-0.25, -0.2) is 0 Å². The topological polar surface area (TPSA) is 91.3 Å². The molecule has 1 radical (unpaired) electrons. The third kappa shape index (κ3) is 10.4. The first-order chi connectivity index (χ1) is 7.31. The summed E-state index contributed by atoms with van der Waals surface area (Å²) in [5.74, 6) is 0.174. The summed E-state index contributed by atoms with van der Waals surface area (Å²) in [4.78, 5) is 13.2. The van der Waals surface area contributed by atoms with E-state index in [1.165, 1.54) is 0 Å². The molecule has 83 valence electrons. The third-order valence-electron chi connectivity index (χ3n) is 1.93. The van der Waals surface area contributed by atoms with Gasteiger partial charge in [0, 0.05) is 13.0 Å². The molecule has 0 fully saturated rings. The first-order valence-electron chi connectivity index (χ1n) is 5.12. The zero-order valence-corrected chi connectivity index (χ0v) is 8.83. The minimum Gasteiger partial charge on any atom is -0.369 e. The average molecular weight is 209 g/mol. The van der Waals surface area contributed by atoms with Gasteiger partial charge in [0.15, 0.2) is 6.29 Å². The van der Waals surface area contributed by atoms with Gasteiger partial charge in [0.1, 0.15) is 0 Å². The van der Waals surface area contributed by atoms with Crippen molar-refractivity contribution in [3.8, 4) is 6.19 Å². The van der Waals surface area contributed by atoms with Crippen LogP contribution in [0.4, 0.5) is 0 Å². The number of unbranched alkanes of at least 4 members (excludes halogenated alkanes) is 5. The van der Waals surface area contributed by atoms with Crippen LogP contribution in [-0.4, -0.2) is 18.8 Å². The largest absolute Gasteiger partial charge is 0.369 e. The summed E-state index contributed by atoms with van der Waals surface area (Å²) in [6.07, 6.45) is 9.21. The van der Waals surface area contributed by atoms with Gasteiger partial charge in [-0.2, -0.15) is 5.26 Å². The molecule has 0 amide bonds. The maximum Gasteiger partial charge on any atom is 0.209 e. The van der Waals surface area contributed by atoms with Crippen molar-refractivity contribution in [2.45, 2.75) is 38.5 Å². The van der Waals surface area contributed by atoms with Gasteiger partial charge in [-0.15, -0.1) is 4.99 Å². The van der Waals surface area contributed by atoms with Gasteiger partial charge < -0.3 is 11.1 Å². The molecule has 0 heterocycles. The lowest BCUT2D eigenvalue weighted by Gasteiger charge is -2.03. The predicted octanol–water partition coefficient (Wildman–Crippen LogP) is 0.822. The standard InChI is InChI=1S/C10H17N4O/c11-9-14-10(12)13-7-5-3-1-2-4-6-8-15/h1-7H2,(H3,12,13,14). The summed E-state index contributed by atoms with van der Waals surface area (Å²) in [6.45, 7) is 0.733. The van der Waals surface area contributed by atoms with Crippen LogP contribution in [0.15, 0.2) is 4.99 Å². The number of hydrogen-bond donors (Lipinski definition) is 2. The highest BCUT2D eigenvalue weighted by molar-refractivity contribution is 5.78. The second-order valence-corrected chi connectivity index (χ2v) is 3.19. The molecule has 0 saturated heterocycles. The van der Waals surface area contributed by atoms with E-state index in [0.29, 0.717) is 6.42 Å². The first kappa shape index (κ1) is 13.4. The number of nitrogens with two attached hydrogens (primary N) is 1. The minimum absolute atomic E-state index is 0.174. The van der Waals surface area contributed by atoms with Crippen molar-refractivity contribution in [2.75, 3.05) is 6.54 Å². The molecule has 0 aromatic rings. The van der Waals surface area contributed by atoms with E-state index in [-0.39, 0.29) is 5.96 Å². The Hall–Kier alpha value is -1.57. The second-order valence-electron chi connectivity index (χ2n) is 3.19. The Morgan fingerprint density at radius 1 is 1.27 bits per heavy atom. The molecule has 0 rings (SSSR count). The summed E-state index contributed by atoms with van der Waals surface area (Å²) in [5, 5.41) is 11.0. The van der Waals surface area contributed by atoms with Gasteiger partial charge in [0.2, 0.25) is 12.2 Å². The van der Waals surface area contributed by atoms with Gasteiger partial charge in [0.25, 0.3) is 0 Å². The fourth-order valence-corrected chi connectivity index (χ4v) is 1.16. The molecule has 0 spiro atoms. The Kier molecular flexibility index (Phi) is 9.41. The van der Waals surface area contributed by atoms with E-state index in [9.17, 15) is 4.79 Å². The van der Waals surface area contributed by atoms with Gasteiger partial charge in [-0.1, -0.05) is 19.3 Å². The smallest absolute Gasteiger partial charge is 0.209 e. The van der Waals surface area contributed by atoms with E-state index < -0.39 is 0 Å². The lowest BCUT2D eigenvalue weighted by molar-refractivity contribution is 0.542. The fraction of sp³-hybridized carbons (Fsp3) is 0.700. The summed E-state index contributed by atoms with van der Waals surface area (Å²) < 4.78 is 0. The molecule has 0 aromatic heterocycles. The SMILES string of the molecule is N#CN=C(N)NCCCCCCC[C]=O. The van der Waals surface area contributed by atoms with Crippen molar-refractivity contribution in [1.82, 2.24) is 5.32 Å². The molecule has 0 aliphatic rings. The number of guanidine groups is 1. The van der Waals surface area contributed by atoms with Crippen molar-refractivity contribution < 1.29 is 4.79 Å². The Morgan fingerprint density at radius 2 is 1.93 bits per heavy atom. The normalized spacial score (nSPS) is 10.7. The van der Waals surface area contributed by atoms with E-state index in [0.717, 1.165) is 38.6 Å². The number of hydrogen-bond acceptors (Lipinski definition) is 3. The van der Waals surface area contributed by atoms with Crippen LogP contribution >= 0.6 is 0 Å². The molecule has 0 unspecified atom stereocenters. The number of nitriles is 1. The van der Waals surface area contributed by atoms with E-state index >= 15 is 0 Å². The molecule has 0 aliphatic heterocycles. The van der Waals surface area contributed by atoms with E-state index in [1.807, 2.05) is 6.29 Å².